The van der Waals surface area contributed by atoms with Gasteiger partial charge in [0, 0.05) is 0 Å². The fourth-order valence-electron chi connectivity index (χ4n) is 0.964. The summed E-state index contributed by atoms with van der Waals surface area (Å²) in [5, 5.41) is 9.09. The van der Waals surface area contributed by atoms with Crippen LogP contribution in [0.25, 0.3) is 0 Å². The van der Waals surface area contributed by atoms with Crippen molar-refractivity contribution >= 4 is 0 Å². The topological polar surface area (TPSA) is 38.7 Å². The Balaban J connectivity index is 2.72. The largest absolute Gasteiger partial charge is 0.508 e. The number of benzene rings is 1. The minimum absolute atomic E-state index is 0.272. The van der Waals surface area contributed by atoms with Crippen molar-refractivity contribution in [1.29, 1.82) is 0 Å². The first-order chi connectivity index (χ1) is 5.74. The van der Waals surface area contributed by atoms with E-state index < -0.39 is 0 Å². The van der Waals surface area contributed by atoms with Crippen molar-refractivity contribution in [1.82, 2.24) is 0 Å². The summed E-state index contributed by atoms with van der Waals surface area (Å²) in [4.78, 5) is 9.23. The van der Waals surface area contributed by atoms with Crippen LogP contribution in [0, 0.1) is 6.92 Å². The van der Waals surface area contributed by atoms with Gasteiger partial charge in [0.15, 0.2) is 0 Å². The van der Waals surface area contributed by atoms with Crippen molar-refractivity contribution in [3.05, 3.63) is 29.3 Å². The standard InChI is InChI=1S/C9H12O3/c1-7-5-9(10)4-3-8(7)6-12-11-2/h3-5,10H,6H2,1-2H3. The van der Waals surface area contributed by atoms with E-state index in [-0.39, 0.29) is 5.75 Å². The number of rotatable bonds is 3. The van der Waals surface area contributed by atoms with Gasteiger partial charge in [0.2, 0.25) is 0 Å². The van der Waals surface area contributed by atoms with Crippen molar-refractivity contribution in [3.8, 4) is 5.75 Å². The summed E-state index contributed by atoms with van der Waals surface area (Å²) in [5.41, 5.74) is 2.00. The average Bonchev–Trinajstić information content (AvgIpc) is 2.03. The van der Waals surface area contributed by atoms with E-state index in [9.17, 15) is 0 Å². The van der Waals surface area contributed by atoms with E-state index in [4.69, 9.17) is 9.99 Å². The van der Waals surface area contributed by atoms with Crippen LogP contribution in [0.3, 0.4) is 0 Å². The van der Waals surface area contributed by atoms with E-state index in [0.717, 1.165) is 11.1 Å². The van der Waals surface area contributed by atoms with Gasteiger partial charge in [-0.15, -0.1) is 0 Å². The Morgan fingerprint density at radius 1 is 1.42 bits per heavy atom. The van der Waals surface area contributed by atoms with Crippen molar-refractivity contribution in [2.45, 2.75) is 13.5 Å². The molecule has 0 atom stereocenters. The number of phenols is 1. The summed E-state index contributed by atoms with van der Waals surface area (Å²) in [7, 11) is 1.47. The van der Waals surface area contributed by atoms with Gasteiger partial charge in [0.1, 0.15) is 12.4 Å². The first kappa shape index (κ1) is 9.03. The van der Waals surface area contributed by atoms with Crippen LogP contribution in [-0.2, 0) is 16.4 Å². The Hall–Kier alpha value is -1.06. The monoisotopic (exact) mass is 168 g/mol. The highest BCUT2D eigenvalue weighted by atomic mass is 17.2. The third-order valence-electron chi connectivity index (χ3n) is 1.66. The lowest BCUT2D eigenvalue weighted by atomic mass is 10.1. The van der Waals surface area contributed by atoms with Crippen molar-refractivity contribution in [2.75, 3.05) is 7.11 Å². The van der Waals surface area contributed by atoms with Crippen LogP contribution in [-0.4, -0.2) is 12.2 Å². The predicted octanol–water partition coefficient (Wildman–Crippen LogP) is 1.78. The maximum absolute atomic E-state index is 9.09. The van der Waals surface area contributed by atoms with E-state index in [1.165, 1.54) is 7.11 Å². The minimum atomic E-state index is 0.272. The predicted molar refractivity (Wildman–Crippen MR) is 44.6 cm³/mol. The van der Waals surface area contributed by atoms with E-state index in [0.29, 0.717) is 6.61 Å². The fraction of sp³-hybridized carbons (Fsp3) is 0.333. The molecule has 3 nitrogen and oxygen atoms in total. The van der Waals surface area contributed by atoms with Gasteiger partial charge in [-0.2, -0.15) is 0 Å². The molecule has 1 aromatic carbocycles. The van der Waals surface area contributed by atoms with Gasteiger partial charge in [-0.3, -0.25) is 0 Å². The first-order valence-corrected chi connectivity index (χ1v) is 3.68. The molecule has 0 aliphatic heterocycles. The average molecular weight is 168 g/mol. The lowest BCUT2D eigenvalue weighted by Gasteiger charge is -2.04. The summed E-state index contributed by atoms with van der Waals surface area (Å²) in [6.07, 6.45) is 0. The summed E-state index contributed by atoms with van der Waals surface area (Å²) in [6.45, 7) is 2.32. The number of hydrogen-bond donors (Lipinski definition) is 1. The fourth-order valence-corrected chi connectivity index (χ4v) is 0.964. The SMILES string of the molecule is COOCc1ccc(O)cc1C. The van der Waals surface area contributed by atoms with Gasteiger partial charge in [-0.1, -0.05) is 6.07 Å². The maximum atomic E-state index is 9.09. The normalized spacial score (nSPS) is 10.2. The second-order valence-corrected chi connectivity index (χ2v) is 2.54. The van der Waals surface area contributed by atoms with E-state index in [1.807, 2.05) is 13.0 Å². The van der Waals surface area contributed by atoms with Crippen LogP contribution in [0.4, 0.5) is 0 Å². The number of phenolic OH excluding ortho intramolecular Hbond substituents is 1. The zero-order valence-electron chi connectivity index (χ0n) is 7.20. The zero-order valence-corrected chi connectivity index (χ0v) is 7.20. The van der Waals surface area contributed by atoms with Gasteiger partial charge in [0.25, 0.3) is 0 Å². The van der Waals surface area contributed by atoms with Crippen LogP contribution in [0.2, 0.25) is 0 Å². The highest BCUT2D eigenvalue weighted by Crippen LogP contribution is 2.16. The molecule has 0 aliphatic carbocycles. The molecule has 0 fully saturated rings. The molecule has 0 heterocycles. The molecule has 0 saturated carbocycles. The van der Waals surface area contributed by atoms with Gasteiger partial charge in [-0.05, 0) is 30.2 Å². The Morgan fingerprint density at radius 2 is 2.17 bits per heavy atom. The molecule has 3 heteroatoms. The lowest BCUT2D eigenvalue weighted by molar-refractivity contribution is -0.282. The quantitative estimate of drug-likeness (QED) is 0.552. The van der Waals surface area contributed by atoms with E-state index >= 15 is 0 Å². The number of hydrogen-bond acceptors (Lipinski definition) is 3. The van der Waals surface area contributed by atoms with E-state index in [2.05, 4.69) is 4.89 Å². The molecule has 1 rings (SSSR count). The summed E-state index contributed by atoms with van der Waals surface area (Å²) >= 11 is 0. The molecule has 0 spiro atoms. The Kier molecular flexibility index (Phi) is 3.08. The molecule has 1 N–H and O–H groups in total. The van der Waals surface area contributed by atoms with Crippen LogP contribution in [0.15, 0.2) is 18.2 Å². The van der Waals surface area contributed by atoms with Crippen molar-refractivity contribution < 1.29 is 14.9 Å². The third kappa shape index (κ3) is 2.22. The Labute approximate surface area is 71.5 Å². The molecule has 0 bridgehead atoms. The highest BCUT2D eigenvalue weighted by molar-refractivity contribution is 5.33. The lowest BCUT2D eigenvalue weighted by Crippen LogP contribution is -1.93. The summed E-state index contributed by atoms with van der Waals surface area (Å²) < 4.78 is 0. The maximum Gasteiger partial charge on any atom is 0.115 e. The van der Waals surface area contributed by atoms with Gasteiger partial charge in [-0.25, -0.2) is 9.78 Å². The molecule has 0 aromatic heterocycles. The molecule has 0 saturated heterocycles. The van der Waals surface area contributed by atoms with Crippen LogP contribution < -0.4 is 0 Å². The molecular formula is C9H12O3. The van der Waals surface area contributed by atoms with Gasteiger partial charge < -0.3 is 5.11 Å². The molecule has 0 unspecified atom stereocenters. The van der Waals surface area contributed by atoms with E-state index in [1.54, 1.807) is 12.1 Å². The van der Waals surface area contributed by atoms with Crippen LogP contribution in [0.1, 0.15) is 11.1 Å². The van der Waals surface area contributed by atoms with Crippen LogP contribution >= 0.6 is 0 Å². The van der Waals surface area contributed by atoms with Gasteiger partial charge >= 0.3 is 0 Å². The van der Waals surface area contributed by atoms with Gasteiger partial charge in [0.05, 0.1) is 7.11 Å². The Bertz CT molecular complexity index is 258. The zero-order chi connectivity index (χ0) is 8.97. The second-order valence-electron chi connectivity index (χ2n) is 2.54. The van der Waals surface area contributed by atoms with Crippen LogP contribution in [0.5, 0.6) is 5.75 Å². The molecule has 0 radical (unpaired) electrons. The molecule has 0 aliphatic rings. The second kappa shape index (κ2) is 4.09. The molecule has 12 heavy (non-hydrogen) atoms. The first-order valence-electron chi connectivity index (χ1n) is 3.68. The molecule has 66 valence electrons. The smallest absolute Gasteiger partial charge is 0.115 e. The highest BCUT2D eigenvalue weighted by Gasteiger charge is 1.98. The van der Waals surface area contributed by atoms with Crippen molar-refractivity contribution in [2.24, 2.45) is 0 Å². The third-order valence-corrected chi connectivity index (χ3v) is 1.66. The summed E-state index contributed by atoms with van der Waals surface area (Å²) in [5.74, 6) is 0.272. The number of aryl methyl sites for hydroxylation is 1. The number of aromatic hydroxyl groups is 1. The molecule has 0 amide bonds. The molecular weight excluding hydrogens is 156 g/mol. The minimum Gasteiger partial charge on any atom is -0.508 e. The Morgan fingerprint density at radius 3 is 2.75 bits per heavy atom. The summed E-state index contributed by atoms with van der Waals surface area (Å²) in [6, 6.07) is 5.12. The molecule has 1 aromatic rings. The van der Waals surface area contributed by atoms with Crippen molar-refractivity contribution in [3.63, 3.8) is 0 Å².